The third-order valence-corrected chi connectivity index (χ3v) is 2.87. The minimum absolute atomic E-state index is 0.542. The van der Waals surface area contributed by atoms with Gasteiger partial charge >= 0.3 is 0 Å². The lowest BCUT2D eigenvalue weighted by Gasteiger charge is -2.29. The van der Waals surface area contributed by atoms with Gasteiger partial charge in [0.1, 0.15) is 0 Å². The van der Waals surface area contributed by atoms with Crippen molar-refractivity contribution in [1.29, 1.82) is 0 Å². The smallest absolute Gasteiger partial charge is 0.000216 e. The quantitative estimate of drug-likeness (QED) is 0.609. The van der Waals surface area contributed by atoms with Gasteiger partial charge in [0.2, 0.25) is 0 Å². The number of unbranched alkanes of at least 4 members (excludes halogenated alkanes) is 2. The van der Waals surface area contributed by atoms with Gasteiger partial charge in [-0.2, -0.15) is 0 Å². The van der Waals surface area contributed by atoms with Crippen LogP contribution < -0.4 is 5.32 Å². The molecule has 80 valence electrons. The van der Waals surface area contributed by atoms with Gasteiger partial charge < -0.3 is 5.32 Å². The minimum Gasteiger partial charge on any atom is -0.319 e. The lowest BCUT2D eigenvalue weighted by atomic mass is 9.80. The number of hydrogen-bond donors (Lipinski definition) is 1. The van der Waals surface area contributed by atoms with Crippen LogP contribution in [0, 0.1) is 5.41 Å². The lowest BCUT2D eigenvalue weighted by molar-refractivity contribution is 0.250. The predicted octanol–water partition coefficient (Wildman–Crippen LogP) is 3.59. The molecule has 1 nitrogen and oxygen atoms in total. The Morgan fingerprint density at radius 2 is 1.46 bits per heavy atom. The highest BCUT2D eigenvalue weighted by atomic mass is 14.8. The first-order chi connectivity index (χ1) is 6.18. The lowest BCUT2D eigenvalue weighted by Crippen LogP contribution is -2.29. The van der Waals surface area contributed by atoms with E-state index in [0.717, 1.165) is 0 Å². The summed E-state index contributed by atoms with van der Waals surface area (Å²) in [4.78, 5) is 0. The maximum Gasteiger partial charge on any atom is 0.000216 e. The third-order valence-electron chi connectivity index (χ3n) is 2.87. The van der Waals surface area contributed by atoms with Crippen LogP contribution in [0.2, 0.25) is 0 Å². The molecule has 0 atom stereocenters. The van der Waals surface area contributed by atoms with E-state index >= 15 is 0 Å². The van der Waals surface area contributed by atoms with Gasteiger partial charge in [0.05, 0.1) is 0 Å². The first-order valence-corrected chi connectivity index (χ1v) is 5.83. The fourth-order valence-corrected chi connectivity index (χ4v) is 1.94. The van der Waals surface area contributed by atoms with Gasteiger partial charge in [-0.3, -0.25) is 0 Å². The summed E-state index contributed by atoms with van der Waals surface area (Å²) in [5.74, 6) is 0. The summed E-state index contributed by atoms with van der Waals surface area (Å²) >= 11 is 0. The van der Waals surface area contributed by atoms with Gasteiger partial charge in [-0.25, -0.2) is 0 Å². The fourth-order valence-electron chi connectivity index (χ4n) is 1.94. The average molecular weight is 185 g/mol. The molecule has 0 aromatic rings. The zero-order chi connectivity index (χ0) is 10.2. The topological polar surface area (TPSA) is 12.0 Å². The van der Waals surface area contributed by atoms with Crippen molar-refractivity contribution in [2.24, 2.45) is 5.41 Å². The second-order valence-electron chi connectivity index (χ2n) is 4.55. The van der Waals surface area contributed by atoms with E-state index in [4.69, 9.17) is 0 Å². The molecule has 0 bridgehead atoms. The first kappa shape index (κ1) is 13.0. The molecule has 0 aromatic carbocycles. The van der Waals surface area contributed by atoms with Crippen LogP contribution >= 0.6 is 0 Å². The molecule has 1 heteroatoms. The molecule has 1 N–H and O–H groups in total. The molecular weight excluding hydrogens is 158 g/mol. The largest absolute Gasteiger partial charge is 0.319 e. The molecular formula is C12H27N. The molecule has 0 aromatic heterocycles. The van der Waals surface area contributed by atoms with Crippen molar-refractivity contribution in [1.82, 2.24) is 5.32 Å². The van der Waals surface area contributed by atoms with Gasteiger partial charge in [0.15, 0.2) is 0 Å². The second-order valence-corrected chi connectivity index (χ2v) is 4.55. The molecule has 0 radical (unpaired) electrons. The van der Waals surface area contributed by atoms with E-state index in [1.807, 2.05) is 0 Å². The van der Waals surface area contributed by atoms with E-state index in [0.29, 0.717) is 5.41 Å². The van der Waals surface area contributed by atoms with E-state index in [-0.39, 0.29) is 0 Å². The van der Waals surface area contributed by atoms with Crippen molar-refractivity contribution in [3.63, 3.8) is 0 Å². The SMILES string of the molecule is CCCCC(C)(CCCC)CNC. The van der Waals surface area contributed by atoms with Gasteiger partial charge in [-0.15, -0.1) is 0 Å². The second kappa shape index (κ2) is 7.37. The minimum atomic E-state index is 0.542. The molecule has 0 aliphatic carbocycles. The Hall–Kier alpha value is -0.0400. The van der Waals surface area contributed by atoms with Crippen molar-refractivity contribution in [3.8, 4) is 0 Å². The summed E-state index contributed by atoms with van der Waals surface area (Å²) in [7, 11) is 2.07. The highest BCUT2D eigenvalue weighted by molar-refractivity contribution is 4.75. The van der Waals surface area contributed by atoms with Crippen LogP contribution in [0.1, 0.15) is 59.3 Å². The van der Waals surface area contributed by atoms with Gasteiger partial charge in [0, 0.05) is 6.54 Å². The fraction of sp³-hybridized carbons (Fsp3) is 1.00. The highest BCUT2D eigenvalue weighted by Gasteiger charge is 2.21. The van der Waals surface area contributed by atoms with Crippen LogP contribution in [0.5, 0.6) is 0 Å². The van der Waals surface area contributed by atoms with Gasteiger partial charge in [0.25, 0.3) is 0 Å². The van der Waals surface area contributed by atoms with Crippen LogP contribution in [-0.4, -0.2) is 13.6 Å². The van der Waals surface area contributed by atoms with Crippen LogP contribution in [0.4, 0.5) is 0 Å². The molecule has 0 heterocycles. The van der Waals surface area contributed by atoms with Gasteiger partial charge in [-0.05, 0) is 25.3 Å². The zero-order valence-electron chi connectivity index (χ0n) is 9.95. The molecule has 0 aliphatic heterocycles. The Labute approximate surface area is 84.3 Å². The van der Waals surface area contributed by atoms with Crippen molar-refractivity contribution in [2.75, 3.05) is 13.6 Å². The van der Waals surface area contributed by atoms with Crippen molar-refractivity contribution in [2.45, 2.75) is 59.3 Å². The predicted molar refractivity (Wildman–Crippen MR) is 61.1 cm³/mol. The summed E-state index contributed by atoms with van der Waals surface area (Å²) < 4.78 is 0. The van der Waals surface area contributed by atoms with Crippen molar-refractivity contribution < 1.29 is 0 Å². The van der Waals surface area contributed by atoms with E-state index in [1.165, 1.54) is 45.1 Å². The summed E-state index contributed by atoms with van der Waals surface area (Å²) in [6.07, 6.45) is 8.16. The van der Waals surface area contributed by atoms with E-state index in [2.05, 4.69) is 33.1 Å². The molecule has 0 spiro atoms. The number of hydrogen-bond acceptors (Lipinski definition) is 1. The molecule has 0 aliphatic rings. The Morgan fingerprint density at radius 3 is 1.77 bits per heavy atom. The monoisotopic (exact) mass is 185 g/mol. The third kappa shape index (κ3) is 6.09. The molecule has 0 fully saturated rings. The zero-order valence-corrected chi connectivity index (χ0v) is 9.95. The van der Waals surface area contributed by atoms with Gasteiger partial charge in [-0.1, -0.05) is 46.5 Å². The van der Waals surface area contributed by atoms with Crippen molar-refractivity contribution >= 4 is 0 Å². The van der Waals surface area contributed by atoms with E-state index in [1.54, 1.807) is 0 Å². The molecule has 13 heavy (non-hydrogen) atoms. The Kier molecular flexibility index (Phi) is 7.35. The van der Waals surface area contributed by atoms with Crippen LogP contribution in [0.25, 0.3) is 0 Å². The Bertz CT molecular complexity index is 102. The number of rotatable bonds is 8. The maximum absolute atomic E-state index is 3.33. The molecule has 0 unspecified atom stereocenters. The molecule has 0 rings (SSSR count). The maximum atomic E-state index is 3.33. The standard InChI is InChI=1S/C12H27N/c1-5-7-9-12(3,11-13-4)10-8-6-2/h13H,5-11H2,1-4H3. The Morgan fingerprint density at radius 1 is 1.00 bits per heavy atom. The Balaban J connectivity index is 3.84. The average Bonchev–Trinajstić information content (AvgIpc) is 2.12. The van der Waals surface area contributed by atoms with Crippen LogP contribution in [0.15, 0.2) is 0 Å². The first-order valence-electron chi connectivity index (χ1n) is 5.83. The molecule has 0 saturated carbocycles. The summed E-state index contributed by atoms with van der Waals surface area (Å²) in [6.45, 7) is 8.15. The van der Waals surface area contributed by atoms with Crippen LogP contribution in [-0.2, 0) is 0 Å². The van der Waals surface area contributed by atoms with Crippen LogP contribution in [0.3, 0.4) is 0 Å². The molecule has 0 saturated heterocycles. The van der Waals surface area contributed by atoms with E-state index in [9.17, 15) is 0 Å². The molecule has 0 amide bonds. The normalized spacial score (nSPS) is 12.0. The van der Waals surface area contributed by atoms with Crippen molar-refractivity contribution in [3.05, 3.63) is 0 Å². The highest BCUT2D eigenvalue weighted by Crippen LogP contribution is 2.29. The summed E-state index contributed by atoms with van der Waals surface area (Å²) in [6, 6.07) is 0. The summed E-state index contributed by atoms with van der Waals surface area (Å²) in [5, 5.41) is 3.33. The number of nitrogens with one attached hydrogen (secondary N) is 1. The summed E-state index contributed by atoms with van der Waals surface area (Å²) in [5.41, 5.74) is 0.542. The van der Waals surface area contributed by atoms with E-state index < -0.39 is 0 Å².